The first-order chi connectivity index (χ1) is 11.2. The molecule has 0 aliphatic rings. The highest BCUT2D eigenvalue weighted by Gasteiger charge is 2.60. The second kappa shape index (κ2) is 8.75. The van der Waals surface area contributed by atoms with Gasteiger partial charge in [-0.25, -0.2) is 0 Å². The van der Waals surface area contributed by atoms with Crippen LogP contribution in [0, 0.1) is 5.92 Å². The molecule has 0 rings (SSSR count). The fourth-order valence-electron chi connectivity index (χ4n) is 1.92. The summed E-state index contributed by atoms with van der Waals surface area (Å²) in [6.07, 6.45) is -16.2. The van der Waals surface area contributed by atoms with Crippen LogP contribution in [0.3, 0.4) is 0 Å². The molecule has 4 nitrogen and oxygen atoms in total. The first kappa shape index (κ1) is 23.5. The summed E-state index contributed by atoms with van der Waals surface area (Å²) in [5.74, 6) is -2.94. The Morgan fingerprint density at radius 1 is 0.920 bits per heavy atom. The molecule has 0 bridgehead atoms. The number of hydrogen-bond acceptors (Lipinski definition) is 4. The van der Waals surface area contributed by atoms with Gasteiger partial charge >= 0.3 is 24.3 Å². The average molecular weight is 380 g/mol. The number of hydrogen-bond donors (Lipinski definition) is 0. The fraction of sp³-hybridized carbons (Fsp3) is 0.867. The minimum atomic E-state index is -5.79. The van der Waals surface area contributed by atoms with Crippen LogP contribution in [-0.4, -0.2) is 36.0 Å². The number of carbonyl (C=O) groups excluding carboxylic acids is 2. The lowest BCUT2D eigenvalue weighted by atomic mass is 9.92. The Hall–Kier alpha value is -1.48. The molecule has 0 aromatic carbocycles. The Morgan fingerprint density at radius 2 is 1.36 bits per heavy atom. The molecule has 1 unspecified atom stereocenters. The van der Waals surface area contributed by atoms with Crippen LogP contribution in [0.15, 0.2) is 0 Å². The molecular formula is C15H22F6O4. The van der Waals surface area contributed by atoms with Crippen LogP contribution in [0.2, 0.25) is 0 Å². The molecule has 0 amide bonds. The smallest absolute Gasteiger partial charge is 0.434 e. The van der Waals surface area contributed by atoms with Crippen LogP contribution in [0.25, 0.3) is 0 Å². The summed E-state index contributed by atoms with van der Waals surface area (Å²) in [6, 6.07) is 0. The van der Waals surface area contributed by atoms with Crippen LogP contribution < -0.4 is 0 Å². The Labute approximate surface area is 141 Å². The van der Waals surface area contributed by atoms with Crippen molar-refractivity contribution in [1.82, 2.24) is 0 Å². The largest absolute Gasteiger partial charge is 0.458 e. The summed E-state index contributed by atoms with van der Waals surface area (Å²) >= 11 is 0. The van der Waals surface area contributed by atoms with Crippen molar-refractivity contribution in [3.63, 3.8) is 0 Å². The van der Waals surface area contributed by atoms with Gasteiger partial charge in [0.15, 0.2) is 0 Å². The second-order valence-electron chi connectivity index (χ2n) is 5.75. The molecule has 0 aliphatic carbocycles. The van der Waals surface area contributed by atoms with Crippen molar-refractivity contribution in [2.24, 2.45) is 5.92 Å². The molecule has 0 aliphatic heterocycles. The third-order valence-electron chi connectivity index (χ3n) is 3.93. The van der Waals surface area contributed by atoms with Crippen LogP contribution >= 0.6 is 0 Å². The average Bonchev–Trinajstić information content (AvgIpc) is 2.48. The van der Waals surface area contributed by atoms with Crippen LogP contribution in [0.1, 0.15) is 53.4 Å². The van der Waals surface area contributed by atoms with Crippen molar-refractivity contribution < 1.29 is 45.4 Å². The Kier molecular flexibility index (Phi) is 8.23. The van der Waals surface area contributed by atoms with E-state index in [9.17, 15) is 35.9 Å². The maximum atomic E-state index is 12.5. The molecule has 0 saturated heterocycles. The number of halogens is 6. The normalized spacial score (nSPS) is 14.4. The van der Waals surface area contributed by atoms with Crippen molar-refractivity contribution in [2.75, 3.05) is 0 Å². The molecule has 0 aromatic rings. The maximum absolute atomic E-state index is 12.5. The summed E-state index contributed by atoms with van der Waals surface area (Å²) in [5, 5.41) is 0. The predicted molar refractivity (Wildman–Crippen MR) is 75.5 cm³/mol. The van der Waals surface area contributed by atoms with Gasteiger partial charge in [0.1, 0.15) is 5.60 Å². The Morgan fingerprint density at radius 3 is 1.68 bits per heavy atom. The number of rotatable bonds is 8. The number of ether oxygens (including phenoxy) is 2. The quantitative estimate of drug-likeness (QED) is 0.458. The van der Waals surface area contributed by atoms with Crippen molar-refractivity contribution in [3.05, 3.63) is 0 Å². The fourth-order valence-corrected chi connectivity index (χ4v) is 1.92. The standard InChI is InChI=1S/C15H22F6O4/c1-5-9(4)11(23)25-13(6-2,7-3)8-10(22)24-12(14(16,17)18)15(19,20)21/h9,12H,5-8H2,1-4H3. The SMILES string of the molecule is CCC(C)C(=O)OC(CC)(CC)CC(=O)OC(C(F)(F)F)C(F)(F)F. The Balaban J connectivity index is 5.26. The van der Waals surface area contributed by atoms with E-state index in [1.807, 2.05) is 0 Å². The summed E-state index contributed by atoms with van der Waals surface area (Å²) in [5.41, 5.74) is -1.51. The van der Waals surface area contributed by atoms with Crippen molar-refractivity contribution in [3.8, 4) is 0 Å². The van der Waals surface area contributed by atoms with Crippen molar-refractivity contribution in [2.45, 2.75) is 77.4 Å². The van der Waals surface area contributed by atoms with E-state index < -0.39 is 48.3 Å². The van der Waals surface area contributed by atoms with Crippen LogP contribution in [0.4, 0.5) is 26.3 Å². The highest BCUT2D eigenvalue weighted by molar-refractivity contribution is 5.75. The number of esters is 2. The molecule has 0 heterocycles. The first-order valence-corrected chi connectivity index (χ1v) is 7.78. The monoisotopic (exact) mass is 380 g/mol. The van der Waals surface area contributed by atoms with Crippen LogP contribution in [-0.2, 0) is 19.1 Å². The summed E-state index contributed by atoms with van der Waals surface area (Å²) in [7, 11) is 0. The van der Waals surface area contributed by atoms with E-state index in [-0.39, 0.29) is 12.8 Å². The lowest BCUT2D eigenvalue weighted by molar-refractivity contribution is -0.314. The van der Waals surface area contributed by atoms with Gasteiger partial charge in [-0.15, -0.1) is 0 Å². The molecule has 1 atom stereocenters. The molecule has 148 valence electrons. The minimum absolute atomic E-state index is 0.0312. The highest BCUT2D eigenvalue weighted by Crippen LogP contribution is 2.37. The van der Waals surface area contributed by atoms with Gasteiger partial charge in [-0.1, -0.05) is 27.7 Å². The highest BCUT2D eigenvalue weighted by atomic mass is 19.4. The van der Waals surface area contributed by atoms with E-state index >= 15 is 0 Å². The zero-order chi connectivity index (χ0) is 20.1. The van der Waals surface area contributed by atoms with Crippen LogP contribution in [0.5, 0.6) is 0 Å². The molecule has 0 aromatic heterocycles. The van der Waals surface area contributed by atoms with E-state index in [2.05, 4.69) is 4.74 Å². The van der Waals surface area contributed by atoms with E-state index in [0.717, 1.165) is 0 Å². The first-order valence-electron chi connectivity index (χ1n) is 7.78. The van der Waals surface area contributed by atoms with Gasteiger partial charge in [-0.05, 0) is 19.3 Å². The Bertz CT molecular complexity index is 440. The van der Waals surface area contributed by atoms with Gasteiger partial charge in [-0.2, -0.15) is 26.3 Å². The predicted octanol–water partition coefficient (Wildman–Crippen LogP) is 4.56. The van der Waals surface area contributed by atoms with Gasteiger partial charge in [0.25, 0.3) is 6.10 Å². The molecule has 0 radical (unpaired) electrons. The molecule has 10 heteroatoms. The molecule has 0 spiro atoms. The van der Waals surface area contributed by atoms with Gasteiger partial charge in [0.05, 0.1) is 12.3 Å². The lowest BCUT2D eigenvalue weighted by Crippen LogP contribution is -2.47. The zero-order valence-corrected chi connectivity index (χ0v) is 14.4. The topological polar surface area (TPSA) is 52.6 Å². The maximum Gasteiger partial charge on any atom is 0.434 e. The van der Waals surface area contributed by atoms with Crippen molar-refractivity contribution >= 4 is 11.9 Å². The molecule has 0 fully saturated rings. The van der Waals surface area contributed by atoms with E-state index in [0.29, 0.717) is 6.42 Å². The molecular weight excluding hydrogens is 358 g/mol. The molecule has 25 heavy (non-hydrogen) atoms. The third-order valence-corrected chi connectivity index (χ3v) is 3.93. The molecule has 0 saturated carbocycles. The van der Waals surface area contributed by atoms with E-state index in [4.69, 9.17) is 4.74 Å². The minimum Gasteiger partial charge on any atom is -0.458 e. The summed E-state index contributed by atoms with van der Waals surface area (Å²) < 4.78 is 83.6. The van der Waals surface area contributed by atoms with Gasteiger partial charge in [-0.3, -0.25) is 9.59 Å². The van der Waals surface area contributed by atoms with E-state index in [1.54, 1.807) is 13.8 Å². The van der Waals surface area contributed by atoms with E-state index in [1.165, 1.54) is 13.8 Å². The number of carbonyl (C=O) groups is 2. The third kappa shape index (κ3) is 7.11. The lowest BCUT2D eigenvalue weighted by Gasteiger charge is -2.32. The van der Waals surface area contributed by atoms with Gasteiger partial charge in [0.2, 0.25) is 0 Å². The molecule has 0 N–H and O–H groups in total. The van der Waals surface area contributed by atoms with Gasteiger partial charge in [0, 0.05) is 0 Å². The summed E-state index contributed by atoms with van der Waals surface area (Å²) in [4.78, 5) is 23.6. The van der Waals surface area contributed by atoms with Gasteiger partial charge < -0.3 is 9.47 Å². The summed E-state index contributed by atoms with van der Waals surface area (Å²) in [6.45, 7) is 6.27. The van der Waals surface area contributed by atoms with Crippen molar-refractivity contribution in [1.29, 1.82) is 0 Å². The number of alkyl halides is 6. The zero-order valence-electron chi connectivity index (χ0n) is 14.4. The second-order valence-corrected chi connectivity index (χ2v) is 5.75.